The predicted molar refractivity (Wildman–Crippen MR) is 113 cm³/mol. The van der Waals surface area contributed by atoms with Crippen molar-refractivity contribution in [3.63, 3.8) is 0 Å². The van der Waals surface area contributed by atoms with Crippen LogP contribution in [-0.4, -0.2) is 34.4 Å². The summed E-state index contributed by atoms with van der Waals surface area (Å²) in [5.74, 6) is 0.375. The first kappa shape index (κ1) is 20.8. The highest BCUT2D eigenvalue weighted by Crippen LogP contribution is 2.40. The van der Waals surface area contributed by atoms with Crippen molar-refractivity contribution in [2.24, 2.45) is 0 Å². The fraction of sp³-hybridized carbons (Fsp3) is 0.350. The van der Waals surface area contributed by atoms with Gasteiger partial charge in [-0.2, -0.15) is 4.31 Å². The zero-order valence-corrected chi connectivity index (χ0v) is 18.2. The van der Waals surface area contributed by atoms with Crippen molar-refractivity contribution in [3.8, 4) is 11.1 Å². The Morgan fingerprint density at radius 2 is 1.93 bits per heavy atom. The molecule has 1 aromatic carbocycles. The van der Waals surface area contributed by atoms with E-state index in [1.807, 2.05) is 12.1 Å². The highest BCUT2D eigenvalue weighted by molar-refractivity contribution is 7.89. The second-order valence-electron chi connectivity index (χ2n) is 7.31. The van der Waals surface area contributed by atoms with Crippen molar-refractivity contribution in [1.29, 1.82) is 0 Å². The van der Waals surface area contributed by atoms with E-state index < -0.39 is 16.1 Å². The highest BCUT2D eigenvalue weighted by atomic mass is 35.5. The lowest BCUT2D eigenvalue weighted by atomic mass is 9.95. The number of nitrogen functional groups attached to an aromatic ring is 1. The molecule has 0 aliphatic carbocycles. The molecular formula is C20H22ClN5O3S. The summed E-state index contributed by atoms with van der Waals surface area (Å²) in [6.45, 7) is 3.61. The lowest BCUT2D eigenvalue weighted by Gasteiger charge is -2.35. The van der Waals surface area contributed by atoms with Gasteiger partial charge in [0, 0.05) is 23.3 Å². The molecule has 3 aromatic rings. The molecule has 3 heterocycles. The molecule has 1 aliphatic rings. The molecule has 0 radical (unpaired) electrons. The Morgan fingerprint density at radius 3 is 2.60 bits per heavy atom. The number of hydrogen-bond acceptors (Lipinski definition) is 7. The number of halogens is 1. The maximum atomic E-state index is 13.6. The summed E-state index contributed by atoms with van der Waals surface area (Å²) in [4.78, 5) is 8.73. The molecule has 1 atom stereocenters. The number of nitrogens with two attached hydrogens (primary N) is 1. The number of sulfonamides is 1. The summed E-state index contributed by atoms with van der Waals surface area (Å²) in [7, 11) is -3.84. The largest absolute Gasteiger partial charge is 0.368 e. The molecule has 1 fully saturated rings. The van der Waals surface area contributed by atoms with Gasteiger partial charge in [0.2, 0.25) is 16.0 Å². The molecule has 8 nitrogen and oxygen atoms in total. The van der Waals surface area contributed by atoms with Crippen LogP contribution >= 0.6 is 11.6 Å². The summed E-state index contributed by atoms with van der Waals surface area (Å²) in [5, 5.41) is 4.43. The van der Waals surface area contributed by atoms with Gasteiger partial charge in [-0.25, -0.2) is 18.4 Å². The summed E-state index contributed by atoms with van der Waals surface area (Å²) < 4.78 is 33.8. The van der Waals surface area contributed by atoms with E-state index in [1.54, 1.807) is 32.2 Å². The van der Waals surface area contributed by atoms with Crippen molar-refractivity contribution in [3.05, 3.63) is 52.6 Å². The van der Waals surface area contributed by atoms with Gasteiger partial charge in [-0.3, -0.25) is 0 Å². The first-order valence-electron chi connectivity index (χ1n) is 9.62. The smallest absolute Gasteiger partial charge is 0.249 e. The van der Waals surface area contributed by atoms with Gasteiger partial charge < -0.3 is 10.3 Å². The Labute approximate surface area is 180 Å². The standard InChI is InChI=1S/C20H22ClN5O3S/c1-12-19(13(2)29-25-12)30(27,28)26-10-4-3-5-17(26)18-16(11-23-20(22)24-18)14-6-8-15(21)9-7-14/h6-9,11,17H,3-5,10H2,1-2H3,(H2,22,23,24)/t17-/m1/s1. The Bertz CT molecular complexity index is 1160. The number of piperidine rings is 1. The minimum absolute atomic E-state index is 0.1000. The van der Waals surface area contributed by atoms with Crippen LogP contribution in [0.5, 0.6) is 0 Å². The van der Waals surface area contributed by atoms with Gasteiger partial charge in [0.1, 0.15) is 10.6 Å². The van der Waals surface area contributed by atoms with Gasteiger partial charge in [0.25, 0.3) is 0 Å². The van der Waals surface area contributed by atoms with Crippen molar-refractivity contribution in [1.82, 2.24) is 19.4 Å². The predicted octanol–water partition coefficient (Wildman–Crippen LogP) is 3.90. The van der Waals surface area contributed by atoms with E-state index in [2.05, 4.69) is 15.1 Å². The average Bonchev–Trinajstić information content (AvgIpc) is 3.07. The van der Waals surface area contributed by atoms with Crippen LogP contribution in [0.1, 0.15) is 42.5 Å². The van der Waals surface area contributed by atoms with E-state index in [1.165, 1.54) is 4.31 Å². The molecule has 0 saturated carbocycles. The molecular weight excluding hydrogens is 426 g/mol. The van der Waals surface area contributed by atoms with Crippen LogP contribution < -0.4 is 5.73 Å². The fourth-order valence-corrected chi connectivity index (χ4v) is 6.02. The van der Waals surface area contributed by atoms with Crippen LogP contribution in [0, 0.1) is 13.8 Å². The molecule has 30 heavy (non-hydrogen) atoms. The minimum Gasteiger partial charge on any atom is -0.368 e. The Balaban J connectivity index is 1.84. The van der Waals surface area contributed by atoms with E-state index in [4.69, 9.17) is 21.9 Å². The van der Waals surface area contributed by atoms with Gasteiger partial charge in [0.15, 0.2) is 5.76 Å². The second kappa shape index (κ2) is 7.98. The second-order valence-corrected chi connectivity index (χ2v) is 9.58. The van der Waals surface area contributed by atoms with Gasteiger partial charge in [-0.15, -0.1) is 0 Å². The number of anilines is 1. The summed E-state index contributed by atoms with van der Waals surface area (Å²) in [6.07, 6.45) is 3.90. The van der Waals surface area contributed by atoms with Crippen LogP contribution in [0.2, 0.25) is 5.02 Å². The van der Waals surface area contributed by atoms with Crippen molar-refractivity contribution < 1.29 is 12.9 Å². The van der Waals surface area contributed by atoms with E-state index >= 15 is 0 Å². The number of aryl methyl sites for hydroxylation is 2. The number of benzene rings is 1. The van der Waals surface area contributed by atoms with Crippen LogP contribution in [-0.2, 0) is 10.0 Å². The molecule has 1 saturated heterocycles. The van der Waals surface area contributed by atoms with Crippen LogP contribution in [0.3, 0.4) is 0 Å². The third-order valence-electron chi connectivity index (χ3n) is 5.30. The van der Waals surface area contributed by atoms with Crippen molar-refractivity contribution in [2.75, 3.05) is 12.3 Å². The van der Waals surface area contributed by atoms with E-state index in [9.17, 15) is 8.42 Å². The van der Waals surface area contributed by atoms with Crippen LogP contribution in [0.4, 0.5) is 5.95 Å². The molecule has 0 bridgehead atoms. The maximum Gasteiger partial charge on any atom is 0.249 e. The van der Waals surface area contributed by atoms with Crippen LogP contribution in [0.15, 0.2) is 39.9 Å². The number of nitrogens with zero attached hydrogens (tertiary/aromatic N) is 4. The average molecular weight is 448 g/mol. The third-order valence-corrected chi connectivity index (χ3v) is 7.70. The SMILES string of the molecule is Cc1noc(C)c1S(=O)(=O)N1CCCC[C@@H]1c1nc(N)ncc1-c1ccc(Cl)cc1. The summed E-state index contributed by atoms with van der Waals surface area (Å²) in [5.41, 5.74) is 8.40. The monoisotopic (exact) mass is 447 g/mol. The summed E-state index contributed by atoms with van der Waals surface area (Å²) in [6, 6.07) is 6.79. The number of rotatable bonds is 4. The number of aromatic nitrogens is 3. The molecule has 2 N–H and O–H groups in total. The normalized spacial score (nSPS) is 17.9. The Kier molecular flexibility index (Phi) is 5.52. The first-order valence-corrected chi connectivity index (χ1v) is 11.4. The maximum absolute atomic E-state index is 13.6. The highest BCUT2D eigenvalue weighted by Gasteiger charge is 2.39. The molecule has 4 rings (SSSR count). The van der Waals surface area contributed by atoms with Gasteiger partial charge >= 0.3 is 0 Å². The lowest BCUT2D eigenvalue weighted by Crippen LogP contribution is -2.39. The third kappa shape index (κ3) is 3.68. The minimum atomic E-state index is -3.84. The quantitative estimate of drug-likeness (QED) is 0.644. The van der Waals surface area contributed by atoms with Gasteiger partial charge in [-0.1, -0.05) is 35.3 Å². The first-order chi connectivity index (χ1) is 14.3. The molecule has 0 amide bonds. The Morgan fingerprint density at radius 1 is 1.20 bits per heavy atom. The Hall–Kier alpha value is -2.49. The van der Waals surface area contributed by atoms with Crippen LogP contribution in [0.25, 0.3) is 11.1 Å². The number of hydrogen-bond donors (Lipinski definition) is 1. The van der Waals surface area contributed by atoms with Gasteiger partial charge in [0.05, 0.1) is 11.7 Å². The zero-order valence-electron chi connectivity index (χ0n) is 16.7. The topological polar surface area (TPSA) is 115 Å². The molecule has 0 spiro atoms. The van der Waals surface area contributed by atoms with Gasteiger partial charge in [-0.05, 0) is 44.4 Å². The lowest BCUT2D eigenvalue weighted by molar-refractivity contribution is 0.251. The molecule has 0 unspecified atom stereocenters. The molecule has 10 heteroatoms. The van der Waals surface area contributed by atoms with E-state index in [-0.39, 0.29) is 16.6 Å². The zero-order chi connectivity index (χ0) is 21.5. The van der Waals surface area contributed by atoms with Crippen molar-refractivity contribution >= 4 is 27.6 Å². The summed E-state index contributed by atoms with van der Waals surface area (Å²) >= 11 is 6.03. The van der Waals surface area contributed by atoms with E-state index in [0.29, 0.717) is 29.4 Å². The molecule has 2 aromatic heterocycles. The molecule has 1 aliphatic heterocycles. The van der Waals surface area contributed by atoms with E-state index in [0.717, 1.165) is 24.0 Å². The molecule has 158 valence electrons. The van der Waals surface area contributed by atoms with Crippen molar-refractivity contribution in [2.45, 2.75) is 44.0 Å². The fourth-order valence-electron chi connectivity index (χ4n) is 3.94.